The van der Waals surface area contributed by atoms with Gasteiger partial charge in [0.2, 0.25) is 0 Å². The summed E-state index contributed by atoms with van der Waals surface area (Å²) < 4.78 is 0. The zero-order chi connectivity index (χ0) is 18.6. The molecule has 1 saturated heterocycles. The van der Waals surface area contributed by atoms with Crippen LogP contribution in [0.3, 0.4) is 0 Å². The second kappa shape index (κ2) is 8.11. The number of para-hydroxylation sites is 1. The average molecular weight is 364 g/mol. The van der Waals surface area contributed by atoms with Gasteiger partial charge in [-0.15, -0.1) is 0 Å². The van der Waals surface area contributed by atoms with E-state index in [1.807, 2.05) is 6.92 Å². The molecule has 1 aliphatic heterocycles. The van der Waals surface area contributed by atoms with Gasteiger partial charge >= 0.3 is 0 Å². The van der Waals surface area contributed by atoms with Gasteiger partial charge in [0, 0.05) is 51.0 Å². The normalized spacial score (nSPS) is 16.7. The van der Waals surface area contributed by atoms with Gasteiger partial charge in [0.25, 0.3) is 0 Å². The fourth-order valence-corrected chi connectivity index (χ4v) is 3.87. The van der Waals surface area contributed by atoms with E-state index < -0.39 is 0 Å². The summed E-state index contributed by atoms with van der Waals surface area (Å²) in [5.74, 6) is 0.970. The van der Waals surface area contributed by atoms with Gasteiger partial charge in [-0.1, -0.05) is 24.3 Å². The summed E-state index contributed by atoms with van der Waals surface area (Å²) in [7, 11) is 0. The molecule has 1 aromatic heterocycles. The number of aryl methyl sites for hydroxylation is 1. The quantitative estimate of drug-likeness (QED) is 0.706. The number of hydrogen-bond acceptors (Lipinski definition) is 4. The summed E-state index contributed by atoms with van der Waals surface area (Å²) in [4.78, 5) is 12.8. The number of aromatic nitrogens is 2. The summed E-state index contributed by atoms with van der Waals surface area (Å²) in [6.07, 6.45) is 0. The van der Waals surface area contributed by atoms with E-state index in [1.54, 1.807) is 0 Å². The van der Waals surface area contributed by atoms with Crippen molar-refractivity contribution in [2.45, 2.75) is 26.4 Å². The molecule has 1 aliphatic rings. The van der Waals surface area contributed by atoms with E-state index in [1.165, 1.54) is 11.3 Å². The van der Waals surface area contributed by atoms with Gasteiger partial charge in [-0.2, -0.15) is 0 Å². The van der Waals surface area contributed by atoms with Crippen molar-refractivity contribution in [3.05, 3.63) is 59.9 Å². The zero-order valence-electron chi connectivity index (χ0n) is 16.3. The Bertz CT molecular complexity index is 865. The van der Waals surface area contributed by atoms with E-state index in [0.29, 0.717) is 6.04 Å². The van der Waals surface area contributed by atoms with Crippen molar-refractivity contribution in [2.75, 3.05) is 37.6 Å². The number of fused-ring (bicyclic) bond motifs is 1. The lowest BCUT2D eigenvalue weighted by Crippen LogP contribution is -2.50. The van der Waals surface area contributed by atoms with Gasteiger partial charge in [-0.3, -0.25) is 4.90 Å². The molecule has 5 nitrogen and oxygen atoms in total. The molecule has 3 aromatic rings. The first-order valence-electron chi connectivity index (χ1n) is 9.88. The molecule has 0 bridgehead atoms. The summed E-state index contributed by atoms with van der Waals surface area (Å²) in [5.41, 5.74) is 4.80. The molecule has 2 aromatic carbocycles. The van der Waals surface area contributed by atoms with E-state index in [4.69, 9.17) is 0 Å². The summed E-state index contributed by atoms with van der Waals surface area (Å²) in [6.45, 7) is 10.7. The van der Waals surface area contributed by atoms with E-state index >= 15 is 0 Å². The molecule has 142 valence electrons. The highest BCUT2D eigenvalue weighted by Crippen LogP contribution is 2.16. The van der Waals surface area contributed by atoms with Gasteiger partial charge < -0.3 is 15.2 Å². The van der Waals surface area contributed by atoms with E-state index in [2.05, 4.69) is 80.5 Å². The molecule has 0 radical (unpaired) electrons. The molecule has 2 N–H and O–H groups in total. The Morgan fingerprint density at radius 2 is 1.85 bits per heavy atom. The van der Waals surface area contributed by atoms with Gasteiger partial charge in [-0.25, -0.2) is 4.98 Å². The first-order chi connectivity index (χ1) is 13.2. The molecule has 5 heteroatoms. The maximum atomic E-state index is 4.47. The molecule has 0 spiro atoms. The SMILES string of the molecule is Cc1nc2ccc(CNC(C)CN3CCN(c4ccccc4)CC3)cc2[nH]1. The van der Waals surface area contributed by atoms with Gasteiger partial charge in [-0.05, 0) is 43.7 Å². The van der Waals surface area contributed by atoms with Gasteiger partial charge in [0.1, 0.15) is 5.82 Å². The molecular formula is C22H29N5. The molecule has 4 rings (SSSR count). The summed E-state index contributed by atoms with van der Waals surface area (Å²) in [5, 5.41) is 3.67. The van der Waals surface area contributed by atoms with Crippen LogP contribution in [0.4, 0.5) is 5.69 Å². The minimum Gasteiger partial charge on any atom is -0.369 e. The van der Waals surface area contributed by atoms with E-state index in [9.17, 15) is 0 Å². The maximum absolute atomic E-state index is 4.47. The standard InChI is InChI=1S/C22H29N5/c1-17(23-15-19-8-9-21-22(14-19)25-18(2)24-21)16-26-10-12-27(13-11-26)20-6-4-3-5-7-20/h3-9,14,17,23H,10-13,15-16H2,1-2H3,(H,24,25). The Morgan fingerprint density at radius 3 is 2.63 bits per heavy atom. The predicted octanol–water partition coefficient (Wildman–Crippen LogP) is 3.17. The highest BCUT2D eigenvalue weighted by molar-refractivity contribution is 5.75. The molecule has 0 aliphatic carbocycles. The summed E-state index contributed by atoms with van der Waals surface area (Å²) in [6, 6.07) is 17.7. The van der Waals surface area contributed by atoms with Crippen molar-refractivity contribution in [2.24, 2.45) is 0 Å². The van der Waals surface area contributed by atoms with Crippen LogP contribution in [0.15, 0.2) is 48.5 Å². The fraction of sp³-hybridized carbons (Fsp3) is 0.409. The molecular weight excluding hydrogens is 334 g/mol. The third-order valence-electron chi connectivity index (χ3n) is 5.35. The number of rotatable bonds is 6. The second-order valence-electron chi connectivity index (χ2n) is 7.58. The van der Waals surface area contributed by atoms with Crippen LogP contribution in [0.5, 0.6) is 0 Å². The first-order valence-corrected chi connectivity index (χ1v) is 9.88. The van der Waals surface area contributed by atoms with Crippen LogP contribution < -0.4 is 10.2 Å². The zero-order valence-corrected chi connectivity index (χ0v) is 16.3. The fourth-order valence-electron chi connectivity index (χ4n) is 3.87. The van der Waals surface area contributed by atoms with Crippen molar-refractivity contribution in [1.82, 2.24) is 20.2 Å². The molecule has 0 amide bonds. The number of nitrogens with zero attached hydrogens (tertiary/aromatic N) is 3. The Morgan fingerprint density at radius 1 is 1.07 bits per heavy atom. The minimum absolute atomic E-state index is 0.465. The van der Waals surface area contributed by atoms with Gasteiger partial charge in [0.05, 0.1) is 11.0 Å². The lowest BCUT2D eigenvalue weighted by molar-refractivity contribution is 0.233. The number of H-pyrrole nitrogens is 1. The number of aromatic amines is 1. The number of piperazine rings is 1. The third-order valence-corrected chi connectivity index (χ3v) is 5.35. The molecule has 1 fully saturated rings. The van der Waals surface area contributed by atoms with Crippen molar-refractivity contribution < 1.29 is 0 Å². The second-order valence-corrected chi connectivity index (χ2v) is 7.58. The Hall–Kier alpha value is -2.37. The number of imidazole rings is 1. The predicted molar refractivity (Wildman–Crippen MR) is 112 cm³/mol. The molecule has 0 saturated carbocycles. The highest BCUT2D eigenvalue weighted by Gasteiger charge is 2.18. The van der Waals surface area contributed by atoms with Crippen LogP contribution in [-0.2, 0) is 6.54 Å². The third kappa shape index (κ3) is 4.49. The lowest BCUT2D eigenvalue weighted by atomic mass is 10.2. The maximum Gasteiger partial charge on any atom is 0.104 e. The van der Waals surface area contributed by atoms with Crippen LogP contribution in [0.25, 0.3) is 11.0 Å². The lowest BCUT2D eigenvalue weighted by Gasteiger charge is -2.37. The summed E-state index contributed by atoms with van der Waals surface area (Å²) >= 11 is 0. The largest absolute Gasteiger partial charge is 0.369 e. The molecule has 1 atom stereocenters. The molecule has 27 heavy (non-hydrogen) atoms. The number of benzene rings is 2. The topological polar surface area (TPSA) is 47.2 Å². The van der Waals surface area contributed by atoms with E-state index in [-0.39, 0.29) is 0 Å². The van der Waals surface area contributed by atoms with Crippen LogP contribution in [0.1, 0.15) is 18.3 Å². The first kappa shape index (κ1) is 18.0. The van der Waals surface area contributed by atoms with Crippen LogP contribution in [-0.4, -0.2) is 53.6 Å². The van der Waals surface area contributed by atoms with Crippen LogP contribution in [0, 0.1) is 6.92 Å². The molecule has 2 heterocycles. The van der Waals surface area contributed by atoms with Crippen LogP contribution >= 0.6 is 0 Å². The van der Waals surface area contributed by atoms with Crippen molar-refractivity contribution in [1.29, 1.82) is 0 Å². The number of hydrogen-bond donors (Lipinski definition) is 2. The van der Waals surface area contributed by atoms with Crippen molar-refractivity contribution in [3.8, 4) is 0 Å². The monoisotopic (exact) mass is 363 g/mol. The average Bonchev–Trinajstić information content (AvgIpc) is 3.07. The Kier molecular flexibility index (Phi) is 5.41. The number of nitrogens with one attached hydrogen (secondary N) is 2. The Labute approximate surface area is 161 Å². The number of anilines is 1. The van der Waals surface area contributed by atoms with Crippen molar-refractivity contribution >= 4 is 16.7 Å². The van der Waals surface area contributed by atoms with Crippen molar-refractivity contribution in [3.63, 3.8) is 0 Å². The van der Waals surface area contributed by atoms with Crippen LogP contribution in [0.2, 0.25) is 0 Å². The molecule has 1 unspecified atom stereocenters. The van der Waals surface area contributed by atoms with E-state index in [0.717, 1.165) is 56.1 Å². The minimum atomic E-state index is 0.465. The van der Waals surface area contributed by atoms with Gasteiger partial charge in [0.15, 0.2) is 0 Å². The smallest absolute Gasteiger partial charge is 0.104 e. The highest BCUT2D eigenvalue weighted by atomic mass is 15.3. The Balaban J connectivity index is 1.24.